The number of imidazole rings is 1. The lowest BCUT2D eigenvalue weighted by molar-refractivity contribution is -0.134. The fourth-order valence-electron chi connectivity index (χ4n) is 4.39. The van der Waals surface area contributed by atoms with Crippen molar-refractivity contribution in [3.8, 4) is 11.1 Å². The van der Waals surface area contributed by atoms with Crippen molar-refractivity contribution in [1.82, 2.24) is 19.4 Å². The fourth-order valence-corrected chi connectivity index (χ4v) is 4.39. The van der Waals surface area contributed by atoms with Crippen molar-refractivity contribution >= 4 is 11.8 Å². The Morgan fingerprint density at radius 3 is 2.53 bits per heavy atom. The number of likely N-dealkylation sites (N-methyl/N-ethyl adjacent to an activating group) is 1. The molecule has 1 unspecified atom stereocenters. The van der Waals surface area contributed by atoms with E-state index < -0.39 is 0 Å². The first-order valence-corrected chi connectivity index (χ1v) is 11.2. The van der Waals surface area contributed by atoms with E-state index in [0.717, 1.165) is 16.7 Å². The van der Waals surface area contributed by atoms with Gasteiger partial charge in [-0.15, -0.1) is 0 Å². The van der Waals surface area contributed by atoms with Gasteiger partial charge >= 0.3 is 0 Å². The number of benzene rings is 2. The predicted molar refractivity (Wildman–Crippen MR) is 125 cm³/mol. The van der Waals surface area contributed by atoms with Crippen molar-refractivity contribution in [3.63, 3.8) is 0 Å². The van der Waals surface area contributed by atoms with E-state index in [9.17, 15) is 9.59 Å². The zero-order chi connectivity index (χ0) is 22.7. The molecule has 2 amide bonds. The summed E-state index contributed by atoms with van der Waals surface area (Å²) in [6.07, 6.45) is 3.98. The highest BCUT2D eigenvalue weighted by Crippen LogP contribution is 2.28. The van der Waals surface area contributed by atoms with Gasteiger partial charge in [0.15, 0.2) is 5.82 Å². The number of aryl methyl sites for hydroxylation is 2. The Labute approximate surface area is 189 Å². The molecule has 0 aliphatic carbocycles. The number of carbonyl (C=O) groups excluding carboxylic acids is 2. The maximum Gasteiger partial charge on any atom is 0.289 e. The second-order valence-electron chi connectivity index (χ2n) is 8.46. The van der Waals surface area contributed by atoms with Crippen molar-refractivity contribution in [2.45, 2.75) is 20.3 Å². The molecular weight excluding hydrogens is 400 g/mol. The van der Waals surface area contributed by atoms with E-state index in [1.807, 2.05) is 31.0 Å². The Hall–Kier alpha value is -3.41. The van der Waals surface area contributed by atoms with Crippen LogP contribution in [0.4, 0.5) is 0 Å². The van der Waals surface area contributed by atoms with Gasteiger partial charge in [-0.05, 0) is 37.0 Å². The normalized spacial score (nSPS) is 16.8. The molecule has 1 saturated heterocycles. The van der Waals surface area contributed by atoms with Crippen molar-refractivity contribution < 1.29 is 9.59 Å². The van der Waals surface area contributed by atoms with Gasteiger partial charge in [0, 0.05) is 45.6 Å². The van der Waals surface area contributed by atoms with Crippen molar-refractivity contribution in [2.24, 2.45) is 13.0 Å². The average Bonchev–Trinajstić information content (AvgIpc) is 3.17. The topological polar surface area (TPSA) is 58.4 Å². The van der Waals surface area contributed by atoms with Crippen LogP contribution < -0.4 is 0 Å². The van der Waals surface area contributed by atoms with Crippen LogP contribution in [-0.4, -0.2) is 57.3 Å². The minimum absolute atomic E-state index is 0.112. The lowest BCUT2D eigenvalue weighted by atomic mass is 9.91. The second kappa shape index (κ2) is 9.39. The summed E-state index contributed by atoms with van der Waals surface area (Å²) in [6, 6.07) is 16.7. The number of nitrogens with zero attached hydrogens (tertiary/aromatic N) is 4. The third-order valence-electron chi connectivity index (χ3n) is 6.27. The van der Waals surface area contributed by atoms with E-state index in [2.05, 4.69) is 48.3 Å². The van der Waals surface area contributed by atoms with Gasteiger partial charge < -0.3 is 14.4 Å². The van der Waals surface area contributed by atoms with Crippen molar-refractivity contribution in [1.29, 1.82) is 0 Å². The molecule has 0 N–H and O–H groups in total. The maximum atomic E-state index is 13.4. The molecule has 0 saturated carbocycles. The summed E-state index contributed by atoms with van der Waals surface area (Å²) in [7, 11) is 1.82. The van der Waals surface area contributed by atoms with Crippen LogP contribution in [0.15, 0.2) is 60.9 Å². The van der Waals surface area contributed by atoms with Gasteiger partial charge in [0.2, 0.25) is 5.91 Å². The van der Waals surface area contributed by atoms with Crippen LogP contribution in [0.3, 0.4) is 0 Å². The summed E-state index contributed by atoms with van der Waals surface area (Å²) >= 11 is 0. The summed E-state index contributed by atoms with van der Waals surface area (Å²) in [4.78, 5) is 34.4. The predicted octanol–water partition coefficient (Wildman–Crippen LogP) is 3.56. The fraction of sp³-hybridized carbons (Fsp3) is 0.346. The molecule has 6 nitrogen and oxygen atoms in total. The van der Waals surface area contributed by atoms with E-state index in [1.165, 1.54) is 5.56 Å². The SMILES string of the molecule is CCN1CCN(C(=O)c2nccn2C)CC(Cc2ccccc2-c2ccc(C)cc2)C1=O. The average molecular weight is 431 g/mol. The third-order valence-corrected chi connectivity index (χ3v) is 6.27. The number of hydrogen-bond acceptors (Lipinski definition) is 3. The summed E-state index contributed by atoms with van der Waals surface area (Å²) in [5, 5.41) is 0. The highest BCUT2D eigenvalue weighted by Gasteiger charge is 2.33. The highest BCUT2D eigenvalue weighted by atomic mass is 16.2. The molecule has 1 atom stereocenters. The van der Waals surface area contributed by atoms with Crippen LogP contribution in [0, 0.1) is 12.8 Å². The molecule has 166 valence electrons. The molecule has 1 aliphatic heterocycles. The van der Waals surface area contributed by atoms with E-state index in [1.54, 1.807) is 21.9 Å². The lowest BCUT2D eigenvalue weighted by Gasteiger charge is -2.24. The minimum atomic E-state index is -0.298. The van der Waals surface area contributed by atoms with Gasteiger partial charge in [0.1, 0.15) is 0 Å². The van der Waals surface area contributed by atoms with Gasteiger partial charge in [0.05, 0.1) is 5.92 Å². The number of carbonyl (C=O) groups is 2. The highest BCUT2D eigenvalue weighted by molar-refractivity contribution is 5.91. The first kappa shape index (κ1) is 21.8. The smallest absolute Gasteiger partial charge is 0.289 e. The summed E-state index contributed by atoms with van der Waals surface area (Å²) < 4.78 is 1.73. The van der Waals surface area contributed by atoms with Crippen LogP contribution in [0.2, 0.25) is 0 Å². The van der Waals surface area contributed by atoms with Crippen LogP contribution in [0.25, 0.3) is 11.1 Å². The monoisotopic (exact) mass is 430 g/mol. The van der Waals surface area contributed by atoms with E-state index in [-0.39, 0.29) is 17.7 Å². The molecular formula is C26H30N4O2. The van der Waals surface area contributed by atoms with Crippen molar-refractivity contribution in [3.05, 3.63) is 77.9 Å². The molecule has 6 heteroatoms. The Balaban J connectivity index is 1.64. The number of rotatable bonds is 5. The molecule has 32 heavy (non-hydrogen) atoms. The first-order valence-electron chi connectivity index (χ1n) is 11.2. The van der Waals surface area contributed by atoms with Crippen LogP contribution >= 0.6 is 0 Å². The van der Waals surface area contributed by atoms with Gasteiger partial charge in [-0.1, -0.05) is 54.1 Å². The van der Waals surface area contributed by atoms with Crippen LogP contribution in [0.5, 0.6) is 0 Å². The minimum Gasteiger partial charge on any atom is -0.341 e. The Morgan fingerprint density at radius 2 is 1.84 bits per heavy atom. The molecule has 1 aliphatic rings. The van der Waals surface area contributed by atoms with E-state index in [4.69, 9.17) is 0 Å². The summed E-state index contributed by atoms with van der Waals surface area (Å²) in [5.41, 5.74) is 4.61. The number of aromatic nitrogens is 2. The molecule has 0 radical (unpaired) electrons. The van der Waals surface area contributed by atoms with Crippen LogP contribution in [-0.2, 0) is 18.3 Å². The molecule has 1 aromatic heterocycles. The number of hydrogen-bond donors (Lipinski definition) is 0. The summed E-state index contributed by atoms with van der Waals surface area (Å²) in [5.74, 6) is 0.0934. The number of amides is 2. The second-order valence-corrected chi connectivity index (χ2v) is 8.46. The maximum absolute atomic E-state index is 13.4. The molecule has 0 spiro atoms. The first-order chi connectivity index (χ1) is 15.5. The quantitative estimate of drug-likeness (QED) is 0.622. The van der Waals surface area contributed by atoms with Crippen molar-refractivity contribution in [2.75, 3.05) is 26.2 Å². The molecule has 2 aromatic carbocycles. The van der Waals surface area contributed by atoms with Gasteiger partial charge in [-0.3, -0.25) is 9.59 Å². The van der Waals surface area contributed by atoms with E-state index >= 15 is 0 Å². The largest absolute Gasteiger partial charge is 0.341 e. The summed E-state index contributed by atoms with van der Waals surface area (Å²) in [6.45, 7) is 6.16. The third kappa shape index (κ3) is 4.44. The molecule has 4 rings (SSSR count). The zero-order valence-corrected chi connectivity index (χ0v) is 19.0. The molecule has 0 bridgehead atoms. The van der Waals surface area contributed by atoms with Gasteiger partial charge in [-0.25, -0.2) is 4.98 Å². The standard InChI is InChI=1S/C26H30N4O2/c1-4-29-15-16-30(26(32)24-27-13-14-28(24)3)18-22(25(29)31)17-21-7-5-6-8-23(21)20-11-9-19(2)10-12-20/h5-14,22H,4,15-18H2,1-3H3. The molecule has 3 aromatic rings. The zero-order valence-electron chi connectivity index (χ0n) is 19.0. The molecule has 2 heterocycles. The van der Waals surface area contributed by atoms with Crippen LogP contribution in [0.1, 0.15) is 28.7 Å². The molecule has 1 fully saturated rings. The van der Waals surface area contributed by atoms with E-state index in [0.29, 0.717) is 38.4 Å². The Morgan fingerprint density at radius 1 is 1.09 bits per heavy atom. The lowest BCUT2D eigenvalue weighted by Crippen LogP contribution is -2.38. The Bertz CT molecular complexity index is 1100. The Kier molecular flexibility index (Phi) is 6.40. The van der Waals surface area contributed by atoms with Gasteiger partial charge in [0.25, 0.3) is 5.91 Å². The van der Waals surface area contributed by atoms with Gasteiger partial charge in [-0.2, -0.15) is 0 Å².